The molecule has 5 saturated heterocycles. The molecule has 15 aliphatic rings. The van der Waals surface area contributed by atoms with Gasteiger partial charge in [0.25, 0.3) is 0 Å². The van der Waals surface area contributed by atoms with Crippen molar-refractivity contribution in [2.24, 2.45) is 92.2 Å². The Bertz CT molecular complexity index is 2580. The van der Waals surface area contributed by atoms with Crippen molar-refractivity contribution < 1.29 is 53.1 Å². The van der Waals surface area contributed by atoms with Crippen molar-refractivity contribution in [3.8, 4) is 0 Å². The van der Waals surface area contributed by atoms with Gasteiger partial charge in [-0.2, -0.15) is 0 Å². The SMILES string of the molecule is CC12CC=C3CC4CCC56CCCC5CCC5C7CC8(C)C(c9ccoc9CC(C(O)CO)C9CCC%10C(C=CN%11CNCC%10%11)C9)OC(=O)C9OC98C8(C)C(O)C(=O)C1C1(COC(=O)C(C31O2)C456)C78. The van der Waals surface area contributed by atoms with E-state index < -0.39 is 80.7 Å². The second kappa shape index (κ2) is 13.0. The van der Waals surface area contributed by atoms with E-state index in [2.05, 4.69) is 49.3 Å². The van der Waals surface area contributed by atoms with Crippen LogP contribution in [-0.2, 0) is 39.8 Å². The molecule has 4 N–H and O–H groups in total. The highest BCUT2D eigenvalue weighted by atomic mass is 16.7. The van der Waals surface area contributed by atoms with Crippen molar-refractivity contribution in [2.45, 2.75) is 158 Å². The van der Waals surface area contributed by atoms with Crippen LogP contribution in [0.3, 0.4) is 0 Å². The maximum Gasteiger partial charge on any atom is 0.339 e. The number of nitrogens with zero attached hydrogens (tertiary/aromatic N) is 1. The van der Waals surface area contributed by atoms with Gasteiger partial charge < -0.3 is 43.6 Å². The molecular weight excluding hydrogens is 877 g/mol. The number of hydrogen-bond donors (Lipinski definition) is 4. The van der Waals surface area contributed by atoms with Gasteiger partial charge in [-0.1, -0.05) is 32.4 Å². The van der Waals surface area contributed by atoms with E-state index in [1.807, 2.05) is 6.07 Å². The van der Waals surface area contributed by atoms with Crippen LogP contribution in [0.1, 0.15) is 122 Å². The van der Waals surface area contributed by atoms with Gasteiger partial charge in [0, 0.05) is 35.4 Å². The molecule has 13 heteroatoms. The summed E-state index contributed by atoms with van der Waals surface area (Å²) in [5.41, 5.74) is -5.05. The molecule has 1 aromatic rings. The van der Waals surface area contributed by atoms with E-state index in [9.17, 15) is 20.1 Å². The Morgan fingerprint density at radius 2 is 1.84 bits per heavy atom. The first-order chi connectivity index (χ1) is 33.2. The molecule has 16 rings (SSSR count). The van der Waals surface area contributed by atoms with E-state index in [1.165, 1.54) is 12.0 Å². The third-order valence-corrected chi connectivity index (χ3v) is 25.4. The number of furan rings is 1. The number of aliphatic hydroxyl groups is 3. The third kappa shape index (κ3) is 4.22. The fourth-order valence-electron chi connectivity index (χ4n) is 24.0. The highest BCUT2D eigenvalue weighted by Crippen LogP contribution is 2.92. The lowest BCUT2D eigenvalue weighted by atomic mass is 9.32. The highest BCUT2D eigenvalue weighted by Gasteiger charge is 2.98. The molecule has 0 radical (unpaired) electrons. The minimum absolute atomic E-state index is 0.0548. The largest absolute Gasteiger partial charge is 0.469 e. The summed E-state index contributed by atoms with van der Waals surface area (Å²) in [6.07, 6.45) is 17.2. The predicted molar refractivity (Wildman–Crippen MR) is 244 cm³/mol. The van der Waals surface area contributed by atoms with Crippen molar-refractivity contribution in [1.82, 2.24) is 10.2 Å². The number of ether oxygens (including phenoxy) is 4. The number of nitrogens with one attached hydrogen (secondary N) is 1. The molecule has 8 heterocycles. The number of fused-ring (bicyclic) bond motifs is 6. The molecule has 13 fully saturated rings. The van der Waals surface area contributed by atoms with Gasteiger partial charge in [0.2, 0.25) is 0 Å². The maximum atomic E-state index is 16.0. The number of rotatable bonds is 6. The smallest absolute Gasteiger partial charge is 0.339 e. The molecule has 8 saturated carbocycles. The van der Waals surface area contributed by atoms with Crippen molar-refractivity contribution in [3.05, 3.63) is 47.6 Å². The molecule has 24 atom stereocenters. The Morgan fingerprint density at radius 3 is 2.70 bits per heavy atom. The topological polar surface area (TPSA) is 181 Å². The van der Waals surface area contributed by atoms with E-state index >= 15 is 9.59 Å². The van der Waals surface area contributed by atoms with Crippen LogP contribution in [0.15, 0.2) is 40.7 Å². The van der Waals surface area contributed by atoms with Crippen molar-refractivity contribution in [2.75, 3.05) is 26.4 Å². The summed E-state index contributed by atoms with van der Waals surface area (Å²) in [6, 6.07) is 2.41. The Kier molecular flexibility index (Phi) is 7.99. The number of cyclic esters (lactones) is 2. The van der Waals surface area contributed by atoms with Gasteiger partial charge in [-0.15, -0.1) is 0 Å². The Hall–Kier alpha value is -3.07. The molecule has 8 aliphatic carbocycles. The number of Topliss-reactive ketones (excluding diaryl/α,β-unsaturated/α-hetero) is 1. The Morgan fingerprint density at radius 1 is 0.971 bits per heavy atom. The second-order valence-corrected chi connectivity index (χ2v) is 26.7. The fourth-order valence-corrected chi connectivity index (χ4v) is 24.0. The summed E-state index contributed by atoms with van der Waals surface area (Å²) >= 11 is 0. The van der Waals surface area contributed by atoms with Gasteiger partial charge in [0.1, 0.15) is 35.8 Å². The summed E-state index contributed by atoms with van der Waals surface area (Å²) in [7, 11) is 0. The van der Waals surface area contributed by atoms with E-state index in [0.29, 0.717) is 48.8 Å². The molecule has 7 aliphatic heterocycles. The van der Waals surface area contributed by atoms with E-state index in [0.717, 1.165) is 83.0 Å². The molecule has 5 spiro atoms. The molecule has 0 aromatic carbocycles. The predicted octanol–water partition coefficient (Wildman–Crippen LogP) is 5.55. The normalized spacial score (nSPS) is 57.7. The number of carbonyl (C=O) groups excluding carboxylic acids is 3. The van der Waals surface area contributed by atoms with Crippen molar-refractivity contribution in [1.29, 1.82) is 0 Å². The van der Waals surface area contributed by atoms with E-state index in [1.54, 1.807) is 6.26 Å². The van der Waals surface area contributed by atoms with Crippen LogP contribution >= 0.6 is 0 Å². The Labute approximate surface area is 403 Å². The Balaban J connectivity index is 0.867. The summed E-state index contributed by atoms with van der Waals surface area (Å²) in [5.74, 6) is -0.380. The summed E-state index contributed by atoms with van der Waals surface area (Å²) < 4.78 is 35.1. The van der Waals surface area contributed by atoms with E-state index in [4.69, 9.17) is 23.4 Å². The zero-order chi connectivity index (χ0) is 46.8. The maximum absolute atomic E-state index is 16.0. The number of esters is 2. The van der Waals surface area contributed by atoms with Gasteiger partial charge in [0.05, 0.1) is 48.5 Å². The van der Waals surface area contributed by atoms with Crippen LogP contribution in [0, 0.1) is 92.2 Å². The van der Waals surface area contributed by atoms with E-state index in [-0.39, 0.29) is 65.9 Å². The van der Waals surface area contributed by atoms with Gasteiger partial charge >= 0.3 is 11.9 Å². The number of allylic oxidation sites excluding steroid dienone is 1. The lowest BCUT2D eigenvalue weighted by Crippen LogP contribution is -2.80. The van der Waals surface area contributed by atoms with Gasteiger partial charge in [0.15, 0.2) is 11.9 Å². The van der Waals surface area contributed by atoms with Crippen molar-refractivity contribution >= 4 is 17.7 Å². The average molecular weight is 947 g/mol. The minimum atomic E-state index is -1.47. The van der Waals surface area contributed by atoms with Gasteiger partial charge in [-0.25, -0.2) is 4.79 Å². The summed E-state index contributed by atoms with van der Waals surface area (Å²) in [5, 5.41) is 39.4. The zero-order valence-corrected chi connectivity index (χ0v) is 40.4. The van der Waals surface area contributed by atoms with Gasteiger partial charge in [-0.3, -0.25) is 14.9 Å². The van der Waals surface area contributed by atoms with Crippen LogP contribution in [0.5, 0.6) is 0 Å². The van der Waals surface area contributed by atoms with Crippen LogP contribution < -0.4 is 5.32 Å². The third-order valence-electron chi connectivity index (χ3n) is 25.4. The molecule has 370 valence electrons. The minimum Gasteiger partial charge on any atom is -0.469 e. The van der Waals surface area contributed by atoms with Crippen LogP contribution in [0.4, 0.5) is 0 Å². The fraction of sp³-hybridized carbons (Fsp3) is 0.804. The molecule has 13 nitrogen and oxygen atoms in total. The number of hydrogen-bond acceptors (Lipinski definition) is 13. The lowest BCUT2D eigenvalue weighted by Gasteiger charge is -2.70. The second-order valence-electron chi connectivity index (χ2n) is 26.7. The quantitative estimate of drug-likeness (QED) is 0.159. The lowest BCUT2D eigenvalue weighted by molar-refractivity contribution is -0.282. The molecule has 24 unspecified atom stereocenters. The number of epoxide rings is 1. The van der Waals surface area contributed by atoms with Crippen LogP contribution in [-0.4, -0.2) is 106 Å². The molecule has 5 bridgehead atoms. The number of ketones is 1. The first kappa shape index (κ1) is 42.4. The first-order valence-corrected chi connectivity index (χ1v) is 27.4. The van der Waals surface area contributed by atoms with Crippen LogP contribution in [0.25, 0.3) is 0 Å². The molecule has 0 amide bonds. The van der Waals surface area contributed by atoms with Gasteiger partial charge in [-0.05, 0) is 166 Å². The molecule has 1 aromatic heterocycles. The van der Waals surface area contributed by atoms with Crippen LogP contribution in [0.2, 0.25) is 0 Å². The first-order valence-electron chi connectivity index (χ1n) is 27.4. The standard InChI is InChI=1S/C56H70N2O11/c1-49-22-35-36-9-7-29-5-4-14-52(29)16-11-30-20-31-10-15-50(2)42-40(61)44(62)51(3,41(35)53(42)25-66-47(63)43(54(30,36)52)55(31,53)69-50)56(49)46(68-56)48(64)67-45(49)33-13-18-65-39(33)21-34(38(60)24-59)27-6-8-32-28(19-27)12-17-58-26-57-23-37(32)58/h10,12-13,17-18,27-30,32,34-38,41-46,57,59-60,62H,4-9,11,14-16,19-26H2,1-3H3. The number of aliphatic hydroxyl groups excluding tert-OH is 3. The number of carbonyl (C=O) groups is 3. The monoisotopic (exact) mass is 946 g/mol. The average Bonchev–Trinajstić information content (AvgIpc) is 3.81. The summed E-state index contributed by atoms with van der Waals surface area (Å²) in [4.78, 5) is 48.8. The summed E-state index contributed by atoms with van der Waals surface area (Å²) in [6.45, 7) is 7.91. The highest BCUT2D eigenvalue weighted by molar-refractivity contribution is 5.94. The van der Waals surface area contributed by atoms with Crippen molar-refractivity contribution in [3.63, 3.8) is 0 Å². The zero-order valence-electron chi connectivity index (χ0n) is 40.4. The molecule has 69 heavy (non-hydrogen) atoms. The molecular formula is C56H70N2O11.